The van der Waals surface area contributed by atoms with Crippen LogP contribution in [0.3, 0.4) is 0 Å². The number of ether oxygens (including phenoxy) is 1. The minimum Gasteiger partial charge on any atom is -0.507 e. The van der Waals surface area contributed by atoms with Crippen molar-refractivity contribution in [3.8, 4) is 11.5 Å². The van der Waals surface area contributed by atoms with Crippen molar-refractivity contribution in [2.45, 2.75) is 6.42 Å². The zero-order valence-corrected chi connectivity index (χ0v) is 15.6. The molecular formula is C18H18BrN3O4. The fraction of sp³-hybridized carbons (Fsp3) is 0.167. The van der Waals surface area contributed by atoms with Crippen LogP contribution in [0, 0.1) is 0 Å². The molecule has 0 radical (unpaired) electrons. The van der Waals surface area contributed by atoms with E-state index in [4.69, 9.17) is 4.74 Å². The van der Waals surface area contributed by atoms with Crippen molar-refractivity contribution >= 4 is 34.0 Å². The predicted molar refractivity (Wildman–Crippen MR) is 101 cm³/mol. The Kier molecular flexibility index (Phi) is 7.16. The molecule has 0 aromatic heterocycles. The molecule has 0 saturated heterocycles. The molecule has 2 aromatic rings. The SMILES string of the molecule is COc1ccc(C(=O)NCCC(=O)NN=Cc2cc(Br)ccc2O)cc1. The van der Waals surface area contributed by atoms with Crippen molar-refractivity contribution in [2.75, 3.05) is 13.7 Å². The van der Waals surface area contributed by atoms with Gasteiger partial charge in [-0.05, 0) is 42.5 Å². The van der Waals surface area contributed by atoms with E-state index in [0.29, 0.717) is 16.9 Å². The highest BCUT2D eigenvalue weighted by Crippen LogP contribution is 2.19. The van der Waals surface area contributed by atoms with Crippen LogP contribution in [0.5, 0.6) is 11.5 Å². The zero-order valence-electron chi connectivity index (χ0n) is 14.0. The first-order valence-electron chi connectivity index (χ1n) is 7.72. The maximum atomic E-state index is 11.9. The first kappa shape index (κ1) is 19.5. The van der Waals surface area contributed by atoms with E-state index in [-0.39, 0.29) is 30.5 Å². The van der Waals surface area contributed by atoms with E-state index >= 15 is 0 Å². The molecule has 0 heterocycles. The Hall–Kier alpha value is -2.87. The van der Waals surface area contributed by atoms with Gasteiger partial charge in [-0.2, -0.15) is 5.10 Å². The fourth-order valence-electron chi connectivity index (χ4n) is 1.99. The van der Waals surface area contributed by atoms with Gasteiger partial charge in [0.1, 0.15) is 11.5 Å². The van der Waals surface area contributed by atoms with Crippen LogP contribution in [0.2, 0.25) is 0 Å². The van der Waals surface area contributed by atoms with Crippen molar-refractivity contribution < 1.29 is 19.4 Å². The Morgan fingerprint density at radius 1 is 1.23 bits per heavy atom. The molecule has 2 rings (SSSR count). The highest BCUT2D eigenvalue weighted by atomic mass is 79.9. The summed E-state index contributed by atoms with van der Waals surface area (Å²) >= 11 is 3.28. The minimum atomic E-state index is -0.356. The van der Waals surface area contributed by atoms with Gasteiger partial charge >= 0.3 is 0 Å². The maximum Gasteiger partial charge on any atom is 0.251 e. The molecule has 136 valence electrons. The highest BCUT2D eigenvalue weighted by molar-refractivity contribution is 9.10. The van der Waals surface area contributed by atoms with Crippen LogP contribution in [0.15, 0.2) is 52.0 Å². The van der Waals surface area contributed by atoms with Crippen LogP contribution in [0.1, 0.15) is 22.3 Å². The lowest BCUT2D eigenvalue weighted by molar-refractivity contribution is -0.120. The number of aromatic hydroxyl groups is 1. The van der Waals surface area contributed by atoms with Crippen molar-refractivity contribution in [1.82, 2.24) is 10.7 Å². The lowest BCUT2D eigenvalue weighted by Gasteiger charge is -2.05. The van der Waals surface area contributed by atoms with E-state index in [0.717, 1.165) is 4.47 Å². The number of amides is 2. The van der Waals surface area contributed by atoms with E-state index in [2.05, 4.69) is 31.8 Å². The second-order valence-corrected chi connectivity index (χ2v) is 6.15. The minimum absolute atomic E-state index is 0.0537. The number of hydrogen-bond donors (Lipinski definition) is 3. The molecule has 0 aliphatic rings. The summed E-state index contributed by atoms with van der Waals surface area (Å²) in [6.45, 7) is 0.175. The monoisotopic (exact) mass is 419 g/mol. The normalized spacial score (nSPS) is 10.5. The van der Waals surface area contributed by atoms with E-state index < -0.39 is 0 Å². The molecule has 0 spiro atoms. The van der Waals surface area contributed by atoms with Gasteiger partial charge in [-0.25, -0.2) is 5.43 Å². The number of methoxy groups -OCH3 is 1. The largest absolute Gasteiger partial charge is 0.507 e. The second kappa shape index (κ2) is 9.57. The molecule has 8 heteroatoms. The highest BCUT2D eigenvalue weighted by Gasteiger charge is 2.06. The van der Waals surface area contributed by atoms with Gasteiger partial charge in [0.25, 0.3) is 5.91 Å². The molecule has 3 N–H and O–H groups in total. The van der Waals surface area contributed by atoms with Crippen LogP contribution in [0.4, 0.5) is 0 Å². The average Bonchev–Trinajstić information content (AvgIpc) is 2.64. The number of phenols is 1. The molecule has 0 saturated carbocycles. The number of rotatable bonds is 7. The number of halogens is 1. The van der Waals surface area contributed by atoms with Gasteiger partial charge in [-0.3, -0.25) is 9.59 Å². The first-order chi connectivity index (χ1) is 12.5. The van der Waals surface area contributed by atoms with Gasteiger partial charge in [-0.15, -0.1) is 0 Å². The third-order valence-corrected chi connectivity index (χ3v) is 3.87. The maximum absolute atomic E-state index is 11.9. The quantitative estimate of drug-likeness (QED) is 0.473. The summed E-state index contributed by atoms with van der Waals surface area (Å²) in [6.07, 6.45) is 1.41. The third kappa shape index (κ3) is 5.89. The van der Waals surface area contributed by atoms with E-state index in [1.807, 2.05) is 0 Å². The summed E-state index contributed by atoms with van der Waals surface area (Å²) < 4.78 is 5.81. The van der Waals surface area contributed by atoms with E-state index in [9.17, 15) is 14.7 Å². The van der Waals surface area contributed by atoms with Crippen LogP contribution in [-0.4, -0.2) is 36.8 Å². The summed E-state index contributed by atoms with van der Waals surface area (Å²) in [5.41, 5.74) is 3.29. The van der Waals surface area contributed by atoms with Crippen molar-refractivity contribution in [3.05, 3.63) is 58.1 Å². The van der Waals surface area contributed by atoms with Gasteiger partial charge in [0, 0.05) is 28.6 Å². The van der Waals surface area contributed by atoms with Crippen LogP contribution >= 0.6 is 15.9 Å². The number of nitrogens with one attached hydrogen (secondary N) is 2. The molecule has 2 aromatic carbocycles. The standard InChI is InChI=1S/C18H18BrN3O4/c1-26-15-5-2-12(3-6-15)18(25)20-9-8-17(24)22-21-11-13-10-14(19)4-7-16(13)23/h2-7,10-11,23H,8-9H2,1H3,(H,20,25)(H,22,24). The van der Waals surface area contributed by atoms with Gasteiger partial charge in [0.15, 0.2) is 0 Å². The fourth-order valence-corrected chi connectivity index (χ4v) is 2.37. The average molecular weight is 420 g/mol. The molecule has 0 aliphatic carbocycles. The molecule has 7 nitrogen and oxygen atoms in total. The number of carbonyl (C=O) groups excluding carboxylic acids is 2. The van der Waals surface area contributed by atoms with Crippen LogP contribution < -0.4 is 15.5 Å². The first-order valence-corrected chi connectivity index (χ1v) is 8.51. The molecule has 0 aliphatic heterocycles. The summed E-state index contributed by atoms with van der Waals surface area (Å²) in [7, 11) is 1.55. The number of hydrogen-bond acceptors (Lipinski definition) is 5. The topological polar surface area (TPSA) is 100 Å². The van der Waals surface area contributed by atoms with E-state index in [1.54, 1.807) is 43.5 Å². The van der Waals surface area contributed by atoms with Crippen molar-refractivity contribution in [3.63, 3.8) is 0 Å². The molecule has 0 fully saturated rings. The molecule has 2 amide bonds. The molecular weight excluding hydrogens is 402 g/mol. The van der Waals surface area contributed by atoms with Gasteiger partial charge in [-0.1, -0.05) is 15.9 Å². The molecule has 0 atom stereocenters. The lowest BCUT2D eigenvalue weighted by Crippen LogP contribution is -2.29. The molecule has 0 unspecified atom stereocenters. The summed E-state index contributed by atoms with van der Waals surface area (Å²) in [4.78, 5) is 23.7. The van der Waals surface area contributed by atoms with Gasteiger partial charge in [0.2, 0.25) is 5.91 Å². The predicted octanol–water partition coefficient (Wildman–Crippen LogP) is 2.43. The number of nitrogens with zero attached hydrogens (tertiary/aromatic N) is 1. The van der Waals surface area contributed by atoms with Gasteiger partial charge in [0.05, 0.1) is 13.3 Å². The van der Waals surface area contributed by atoms with Gasteiger partial charge < -0.3 is 15.2 Å². The third-order valence-electron chi connectivity index (χ3n) is 3.37. The Morgan fingerprint density at radius 2 is 1.96 bits per heavy atom. The Balaban J connectivity index is 1.75. The number of phenolic OH excluding ortho intramolecular Hbond substituents is 1. The number of carbonyl (C=O) groups is 2. The summed E-state index contributed by atoms with van der Waals surface area (Å²) in [5, 5.41) is 16.1. The summed E-state index contributed by atoms with van der Waals surface area (Å²) in [5.74, 6) is 0.0852. The Labute approximate surface area is 159 Å². The molecule has 26 heavy (non-hydrogen) atoms. The van der Waals surface area contributed by atoms with Crippen LogP contribution in [0.25, 0.3) is 0 Å². The van der Waals surface area contributed by atoms with Crippen LogP contribution in [-0.2, 0) is 4.79 Å². The lowest BCUT2D eigenvalue weighted by atomic mass is 10.2. The Bertz CT molecular complexity index is 807. The number of hydrazone groups is 1. The van der Waals surface area contributed by atoms with Crippen molar-refractivity contribution in [1.29, 1.82) is 0 Å². The summed E-state index contributed by atoms with van der Waals surface area (Å²) in [6, 6.07) is 11.5. The smallest absolute Gasteiger partial charge is 0.251 e. The Morgan fingerprint density at radius 3 is 2.65 bits per heavy atom. The molecule has 0 bridgehead atoms. The second-order valence-electron chi connectivity index (χ2n) is 5.23. The van der Waals surface area contributed by atoms with Crippen molar-refractivity contribution in [2.24, 2.45) is 5.10 Å². The van der Waals surface area contributed by atoms with E-state index in [1.165, 1.54) is 12.3 Å². The zero-order chi connectivity index (χ0) is 18.9. The number of benzene rings is 2.